The van der Waals surface area contributed by atoms with E-state index in [-0.39, 0.29) is 18.7 Å². The van der Waals surface area contributed by atoms with Gasteiger partial charge >= 0.3 is 10.4 Å². The van der Waals surface area contributed by atoms with E-state index in [1.54, 1.807) is 24.0 Å². The number of aldehydes is 1. The quantitative estimate of drug-likeness (QED) is 0.341. The highest BCUT2D eigenvalue weighted by Gasteiger charge is 2.18. The highest BCUT2D eigenvalue weighted by Crippen LogP contribution is 2.26. The molecule has 1 aliphatic heterocycles. The monoisotopic (exact) mass is 312 g/mol. The zero-order valence-corrected chi connectivity index (χ0v) is 12.6. The third-order valence-electron chi connectivity index (χ3n) is 2.92. The fraction of sp³-hybridized carbons (Fsp3) is 0.385. The predicted octanol–water partition coefficient (Wildman–Crippen LogP) is 1.34. The second-order valence-corrected chi connectivity index (χ2v) is 5.37. The molecule has 114 valence electrons. The molecule has 1 N–H and O–H groups in total. The van der Waals surface area contributed by atoms with Crippen LogP contribution in [-0.2, 0) is 19.4 Å². The van der Waals surface area contributed by atoms with E-state index in [0.717, 1.165) is 11.4 Å². The molecular weight excluding hydrogens is 296 g/mol. The molecule has 21 heavy (non-hydrogen) atoms. The Labute approximate surface area is 123 Å². The number of nitriles is 1. The van der Waals surface area contributed by atoms with E-state index in [2.05, 4.69) is 4.18 Å². The lowest BCUT2D eigenvalue weighted by molar-refractivity contribution is -0.104. The van der Waals surface area contributed by atoms with Crippen LogP contribution in [0.2, 0.25) is 0 Å². The second-order valence-electron chi connectivity index (χ2n) is 4.27. The molecule has 0 aromatic rings. The maximum atomic E-state index is 10.8. The molecule has 0 amide bonds. The Kier molecular flexibility index (Phi) is 5.84. The minimum Gasteiger partial charge on any atom is -0.347 e. The topological polar surface area (TPSA) is 108 Å². The smallest absolute Gasteiger partial charge is 0.347 e. The Morgan fingerprint density at radius 1 is 1.52 bits per heavy atom. The van der Waals surface area contributed by atoms with Crippen LogP contribution in [0.25, 0.3) is 0 Å². The Morgan fingerprint density at radius 3 is 2.67 bits per heavy atom. The minimum absolute atomic E-state index is 0.0362. The van der Waals surface area contributed by atoms with Crippen LogP contribution in [-0.4, -0.2) is 37.3 Å². The van der Waals surface area contributed by atoms with Gasteiger partial charge in [0, 0.05) is 17.9 Å². The first-order chi connectivity index (χ1) is 9.82. The maximum Gasteiger partial charge on any atom is 0.397 e. The van der Waals surface area contributed by atoms with Gasteiger partial charge in [-0.3, -0.25) is 9.35 Å². The summed E-state index contributed by atoms with van der Waals surface area (Å²) >= 11 is 0. The molecule has 1 heterocycles. The van der Waals surface area contributed by atoms with Crippen LogP contribution in [0.3, 0.4) is 0 Å². The molecule has 0 saturated heterocycles. The Morgan fingerprint density at radius 2 is 2.19 bits per heavy atom. The predicted molar refractivity (Wildman–Crippen MR) is 75.0 cm³/mol. The Hall–Kier alpha value is -1.95. The van der Waals surface area contributed by atoms with Gasteiger partial charge in [0.1, 0.15) is 6.07 Å². The van der Waals surface area contributed by atoms with Crippen molar-refractivity contribution >= 4 is 16.7 Å². The van der Waals surface area contributed by atoms with Crippen molar-refractivity contribution in [1.29, 1.82) is 5.26 Å². The van der Waals surface area contributed by atoms with Crippen LogP contribution in [0.1, 0.15) is 20.3 Å². The first-order valence-electron chi connectivity index (χ1n) is 6.20. The third-order valence-corrected chi connectivity index (χ3v) is 3.38. The summed E-state index contributed by atoms with van der Waals surface area (Å²) in [5.74, 6) is 0. The van der Waals surface area contributed by atoms with Gasteiger partial charge in [-0.05, 0) is 31.1 Å². The summed E-state index contributed by atoms with van der Waals surface area (Å²) in [5.41, 5.74) is 2.12. The molecule has 7 nitrogen and oxygen atoms in total. The van der Waals surface area contributed by atoms with Crippen molar-refractivity contribution in [2.24, 2.45) is 0 Å². The second kappa shape index (κ2) is 7.17. The van der Waals surface area contributed by atoms with Crippen molar-refractivity contribution < 1.29 is 21.9 Å². The lowest BCUT2D eigenvalue weighted by Crippen LogP contribution is -2.28. The maximum absolute atomic E-state index is 10.8. The van der Waals surface area contributed by atoms with Gasteiger partial charge in [-0.25, -0.2) is 4.18 Å². The molecular formula is C13H16N2O5S. The molecule has 8 heteroatoms. The molecule has 0 atom stereocenters. The van der Waals surface area contributed by atoms with Crippen LogP contribution >= 0.6 is 0 Å². The van der Waals surface area contributed by atoms with Gasteiger partial charge in [-0.1, -0.05) is 6.92 Å². The van der Waals surface area contributed by atoms with Gasteiger partial charge in [0.15, 0.2) is 6.29 Å². The highest BCUT2D eigenvalue weighted by atomic mass is 32.3. The number of allylic oxidation sites excluding steroid dienone is 6. The number of hydrogen-bond acceptors (Lipinski definition) is 6. The largest absolute Gasteiger partial charge is 0.397 e. The molecule has 0 radical (unpaired) electrons. The van der Waals surface area contributed by atoms with Gasteiger partial charge in [-0.2, -0.15) is 13.7 Å². The zero-order chi connectivity index (χ0) is 16.0. The molecule has 0 saturated carbocycles. The summed E-state index contributed by atoms with van der Waals surface area (Å²) in [7, 11) is -4.46. The lowest BCUT2D eigenvalue weighted by atomic mass is 10.0. The SMILES string of the molecule is CCC1=C/C(=C(/C#N)C=O)C=C(C)N1CCOS(=O)(=O)O. The third kappa shape index (κ3) is 4.82. The molecule has 0 bridgehead atoms. The summed E-state index contributed by atoms with van der Waals surface area (Å²) in [4.78, 5) is 12.6. The molecule has 1 rings (SSSR count). The summed E-state index contributed by atoms with van der Waals surface area (Å²) in [6, 6.07) is 1.83. The Balaban J connectivity index is 2.98. The minimum atomic E-state index is -4.46. The van der Waals surface area contributed by atoms with E-state index in [1.807, 2.05) is 13.0 Å². The summed E-state index contributed by atoms with van der Waals surface area (Å²) < 4.78 is 33.9. The molecule has 1 aliphatic rings. The van der Waals surface area contributed by atoms with Crippen LogP contribution in [0, 0.1) is 11.3 Å². The van der Waals surface area contributed by atoms with Gasteiger partial charge in [0.25, 0.3) is 0 Å². The van der Waals surface area contributed by atoms with Crippen molar-refractivity contribution in [2.75, 3.05) is 13.2 Å². The fourth-order valence-corrected chi connectivity index (χ4v) is 2.27. The van der Waals surface area contributed by atoms with E-state index in [1.165, 1.54) is 0 Å². The molecule has 0 unspecified atom stereocenters. The first kappa shape index (κ1) is 17.1. The summed E-state index contributed by atoms with van der Waals surface area (Å²) in [6.45, 7) is 3.68. The molecule has 0 aromatic heterocycles. The number of carbonyl (C=O) groups excluding carboxylic acids is 1. The van der Waals surface area contributed by atoms with Gasteiger partial charge in [-0.15, -0.1) is 0 Å². The number of nitrogens with zero attached hydrogens (tertiary/aromatic N) is 2. The van der Waals surface area contributed by atoms with Gasteiger partial charge in [0.05, 0.1) is 12.2 Å². The van der Waals surface area contributed by atoms with E-state index in [0.29, 0.717) is 18.3 Å². The number of rotatable bonds is 6. The van der Waals surface area contributed by atoms with Crippen LogP contribution in [0.5, 0.6) is 0 Å². The summed E-state index contributed by atoms with van der Waals surface area (Å²) in [5, 5.41) is 8.89. The van der Waals surface area contributed by atoms with Crippen molar-refractivity contribution in [3.63, 3.8) is 0 Å². The molecule has 0 fully saturated rings. The molecule has 0 spiro atoms. The van der Waals surface area contributed by atoms with Gasteiger partial charge < -0.3 is 4.90 Å². The van der Waals surface area contributed by atoms with E-state index in [9.17, 15) is 13.2 Å². The average Bonchev–Trinajstić information content (AvgIpc) is 2.40. The van der Waals surface area contributed by atoms with Crippen LogP contribution < -0.4 is 0 Å². The van der Waals surface area contributed by atoms with Crippen molar-refractivity contribution in [3.05, 3.63) is 34.7 Å². The zero-order valence-electron chi connectivity index (χ0n) is 11.7. The van der Waals surface area contributed by atoms with Crippen molar-refractivity contribution in [2.45, 2.75) is 20.3 Å². The standard InChI is InChI=1S/C13H16N2O5S/c1-3-13-7-11(12(8-14)9-16)6-10(2)15(13)4-5-20-21(17,18)19/h6-7,9H,3-5H2,1-2H3,(H,17,18,19)/b12-11-. The number of hydrogen-bond donors (Lipinski definition) is 1. The molecule has 0 aliphatic carbocycles. The number of carbonyl (C=O) groups is 1. The first-order valence-corrected chi connectivity index (χ1v) is 7.56. The summed E-state index contributed by atoms with van der Waals surface area (Å²) in [6.07, 6.45) is 4.49. The lowest BCUT2D eigenvalue weighted by Gasteiger charge is -2.30. The van der Waals surface area contributed by atoms with E-state index < -0.39 is 10.4 Å². The molecule has 0 aromatic carbocycles. The normalized spacial score (nSPS) is 17.7. The average molecular weight is 312 g/mol. The fourth-order valence-electron chi connectivity index (χ4n) is 1.99. The van der Waals surface area contributed by atoms with Gasteiger partial charge in [0.2, 0.25) is 0 Å². The highest BCUT2D eigenvalue weighted by molar-refractivity contribution is 7.80. The van der Waals surface area contributed by atoms with Crippen molar-refractivity contribution in [1.82, 2.24) is 4.90 Å². The van der Waals surface area contributed by atoms with Crippen LogP contribution in [0.4, 0.5) is 0 Å². The van der Waals surface area contributed by atoms with E-state index >= 15 is 0 Å². The Bertz CT molecular complexity index is 653. The van der Waals surface area contributed by atoms with E-state index in [4.69, 9.17) is 9.81 Å². The van der Waals surface area contributed by atoms with Crippen LogP contribution in [0.15, 0.2) is 34.7 Å². The van der Waals surface area contributed by atoms with Crippen molar-refractivity contribution in [3.8, 4) is 6.07 Å².